The minimum atomic E-state index is -0.362. The summed E-state index contributed by atoms with van der Waals surface area (Å²) in [6, 6.07) is 4.50. The van der Waals surface area contributed by atoms with Crippen molar-refractivity contribution in [3.8, 4) is 0 Å². The van der Waals surface area contributed by atoms with Gasteiger partial charge in [0.1, 0.15) is 5.82 Å². The smallest absolute Gasteiger partial charge is 0.237 e. The van der Waals surface area contributed by atoms with Crippen molar-refractivity contribution in [2.24, 2.45) is 5.92 Å². The molecule has 1 aliphatic carbocycles. The molecule has 6 heteroatoms. The number of ketones is 1. The van der Waals surface area contributed by atoms with Gasteiger partial charge in [-0.3, -0.25) is 14.5 Å². The highest BCUT2D eigenvalue weighted by Gasteiger charge is 2.27. The molecule has 1 amide bonds. The highest BCUT2D eigenvalue weighted by atomic mass is 19.1. The molecule has 0 spiro atoms. The Bertz CT molecular complexity index is 695. The van der Waals surface area contributed by atoms with E-state index >= 15 is 0 Å². The average molecular weight is 390 g/mol. The summed E-state index contributed by atoms with van der Waals surface area (Å²) in [7, 11) is 0. The van der Waals surface area contributed by atoms with Gasteiger partial charge in [0.05, 0.1) is 11.7 Å². The van der Waals surface area contributed by atoms with Crippen LogP contribution in [0.3, 0.4) is 0 Å². The van der Waals surface area contributed by atoms with Gasteiger partial charge in [-0.1, -0.05) is 19.3 Å². The van der Waals surface area contributed by atoms with Crippen LogP contribution in [0.25, 0.3) is 0 Å². The van der Waals surface area contributed by atoms with Crippen LogP contribution in [0.1, 0.15) is 56.3 Å². The van der Waals surface area contributed by atoms with Gasteiger partial charge in [-0.05, 0) is 50.8 Å². The quantitative estimate of drug-likeness (QED) is 0.759. The number of rotatable bonds is 6. The van der Waals surface area contributed by atoms with E-state index in [-0.39, 0.29) is 23.5 Å². The maximum Gasteiger partial charge on any atom is 0.237 e. The second kappa shape index (κ2) is 9.50. The summed E-state index contributed by atoms with van der Waals surface area (Å²) >= 11 is 0. The monoisotopic (exact) mass is 389 g/mol. The third-order valence-electron chi connectivity index (χ3n) is 6.23. The Morgan fingerprint density at radius 1 is 1.14 bits per heavy atom. The largest absolute Gasteiger partial charge is 0.367 e. The molecule has 5 nitrogen and oxygen atoms in total. The van der Waals surface area contributed by atoms with Crippen LogP contribution in [0.5, 0.6) is 0 Å². The first-order chi connectivity index (χ1) is 13.5. The van der Waals surface area contributed by atoms with Gasteiger partial charge < -0.3 is 10.2 Å². The second-order valence-electron chi connectivity index (χ2n) is 8.17. The molecule has 1 atom stereocenters. The highest BCUT2D eigenvalue weighted by Crippen LogP contribution is 2.24. The zero-order chi connectivity index (χ0) is 20.1. The molecule has 0 aromatic heterocycles. The van der Waals surface area contributed by atoms with E-state index in [1.54, 1.807) is 12.1 Å². The number of benzene rings is 1. The first-order valence-electron chi connectivity index (χ1n) is 10.5. The maximum atomic E-state index is 14.4. The molecule has 1 saturated carbocycles. The molecule has 2 aliphatic rings. The molecule has 3 rings (SSSR count). The number of hydrogen-bond acceptors (Lipinski definition) is 4. The number of nitrogens with one attached hydrogen (secondary N) is 1. The second-order valence-corrected chi connectivity index (χ2v) is 8.17. The van der Waals surface area contributed by atoms with E-state index in [0.29, 0.717) is 43.3 Å². The molecule has 28 heavy (non-hydrogen) atoms. The number of piperazine rings is 1. The summed E-state index contributed by atoms with van der Waals surface area (Å²) in [5.41, 5.74) is 0.919. The van der Waals surface area contributed by atoms with Crippen LogP contribution in [0, 0.1) is 11.7 Å². The van der Waals surface area contributed by atoms with Crippen LogP contribution in [-0.2, 0) is 4.79 Å². The van der Waals surface area contributed by atoms with Crippen LogP contribution in [0.15, 0.2) is 18.2 Å². The first kappa shape index (κ1) is 20.8. The molecule has 1 aromatic carbocycles. The Balaban J connectivity index is 1.48. The van der Waals surface area contributed by atoms with Gasteiger partial charge in [0.25, 0.3) is 0 Å². The molecule has 1 saturated heterocycles. The summed E-state index contributed by atoms with van der Waals surface area (Å²) < 4.78 is 14.4. The first-order valence-corrected chi connectivity index (χ1v) is 10.5. The number of carbonyl (C=O) groups is 2. The normalized spacial score (nSPS) is 20.0. The minimum absolute atomic E-state index is 0.0935. The molecule has 0 unspecified atom stereocenters. The SMILES string of the molecule is CC(=O)c1ccc(N2CCN([C@H](C)C(=O)NCC3CCCCC3)CC2)c(F)c1. The Morgan fingerprint density at radius 3 is 2.43 bits per heavy atom. The fraction of sp³-hybridized carbons (Fsp3) is 0.636. The number of Topliss-reactive ketones (excluding diaryl/α,β-unsaturated/α-hetero) is 1. The summed E-state index contributed by atoms with van der Waals surface area (Å²) in [5, 5.41) is 3.13. The molecule has 0 bridgehead atoms. The zero-order valence-electron chi connectivity index (χ0n) is 17.0. The molecule has 154 valence electrons. The van der Waals surface area contributed by atoms with Crippen molar-refractivity contribution in [1.82, 2.24) is 10.2 Å². The maximum absolute atomic E-state index is 14.4. The van der Waals surface area contributed by atoms with E-state index in [9.17, 15) is 14.0 Å². The molecule has 1 heterocycles. The number of carbonyl (C=O) groups excluding carboxylic acids is 2. The van der Waals surface area contributed by atoms with Crippen molar-refractivity contribution in [1.29, 1.82) is 0 Å². The Morgan fingerprint density at radius 2 is 1.82 bits per heavy atom. The number of nitrogens with zero attached hydrogens (tertiary/aromatic N) is 2. The van der Waals surface area contributed by atoms with Crippen LogP contribution in [-0.4, -0.2) is 55.4 Å². The van der Waals surface area contributed by atoms with Gasteiger partial charge in [-0.2, -0.15) is 0 Å². The fourth-order valence-corrected chi connectivity index (χ4v) is 4.28. The number of amides is 1. The summed E-state index contributed by atoms with van der Waals surface area (Å²) in [6.07, 6.45) is 6.33. The minimum Gasteiger partial charge on any atom is -0.367 e. The van der Waals surface area contributed by atoms with Crippen molar-refractivity contribution >= 4 is 17.4 Å². The van der Waals surface area contributed by atoms with Gasteiger partial charge >= 0.3 is 0 Å². The number of anilines is 1. The molecular weight excluding hydrogens is 357 g/mol. The summed E-state index contributed by atoms with van der Waals surface area (Å²) in [4.78, 5) is 28.1. The fourth-order valence-electron chi connectivity index (χ4n) is 4.28. The van der Waals surface area contributed by atoms with Crippen LogP contribution < -0.4 is 10.2 Å². The lowest BCUT2D eigenvalue weighted by atomic mass is 9.89. The lowest BCUT2D eigenvalue weighted by Crippen LogP contribution is -2.54. The lowest BCUT2D eigenvalue weighted by molar-refractivity contribution is -0.126. The third kappa shape index (κ3) is 5.10. The Kier molecular flexibility index (Phi) is 7.05. The Labute approximate surface area is 167 Å². The Hall–Kier alpha value is -1.95. The molecule has 1 N–H and O–H groups in total. The van der Waals surface area contributed by atoms with E-state index in [1.165, 1.54) is 45.1 Å². The molecule has 1 aromatic rings. The van der Waals surface area contributed by atoms with Crippen LogP contribution in [0.2, 0.25) is 0 Å². The van der Waals surface area contributed by atoms with Gasteiger partial charge in [-0.25, -0.2) is 4.39 Å². The van der Waals surface area contributed by atoms with Crippen LogP contribution >= 0.6 is 0 Å². The number of hydrogen-bond donors (Lipinski definition) is 1. The molecule has 0 radical (unpaired) electrons. The highest BCUT2D eigenvalue weighted by molar-refractivity contribution is 5.94. The molecule has 2 fully saturated rings. The standard InChI is InChI=1S/C22H32FN3O2/c1-16(22(28)24-15-18-6-4-3-5-7-18)25-10-12-26(13-11-25)21-9-8-19(17(2)27)14-20(21)23/h8-9,14,16,18H,3-7,10-13,15H2,1-2H3,(H,24,28)/t16-/m1/s1. The summed E-state index contributed by atoms with van der Waals surface area (Å²) in [5.74, 6) is 0.224. The summed E-state index contributed by atoms with van der Waals surface area (Å²) in [6.45, 7) is 6.93. The zero-order valence-corrected chi connectivity index (χ0v) is 17.0. The van der Waals surface area contributed by atoms with E-state index in [2.05, 4.69) is 10.2 Å². The van der Waals surface area contributed by atoms with E-state index in [0.717, 1.165) is 6.54 Å². The van der Waals surface area contributed by atoms with Crippen LogP contribution in [0.4, 0.5) is 10.1 Å². The van der Waals surface area contributed by atoms with Gasteiger partial charge in [0.15, 0.2) is 5.78 Å². The van der Waals surface area contributed by atoms with Gasteiger partial charge in [0.2, 0.25) is 5.91 Å². The predicted octanol–water partition coefficient (Wildman–Crippen LogP) is 3.24. The predicted molar refractivity (Wildman–Crippen MR) is 109 cm³/mol. The van der Waals surface area contributed by atoms with E-state index < -0.39 is 0 Å². The third-order valence-corrected chi connectivity index (χ3v) is 6.23. The van der Waals surface area contributed by atoms with Crippen molar-refractivity contribution in [3.05, 3.63) is 29.6 Å². The lowest BCUT2D eigenvalue weighted by Gasteiger charge is -2.38. The topological polar surface area (TPSA) is 52.7 Å². The van der Waals surface area contributed by atoms with Crippen molar-refractivity contribution in [2.45, 2.75) is 52.0 Å². The van der Waals surface area contributed by atoms with Crippen molar-refractivity contribution in [3.63, 3.8) is 0 Å². The molecule has 1 aliphatic heterocycles. The van der Waals surface area contributed by atoms with Gasteiger partial charge in [0, 0.05) is 38.3 Å². The van der Waals surface area contributed by atoms with Crippen molar-refractivity contribution in [2.75, 3.05) is 37.6 Å². The van der Waals surface area contributed by atoms with E-state index in [4.69, 9.17) is 0 Å². The average Bonchev–Trinajstić information content (AvgIpc) is 2.72. The van der Waals surface area contributed by atoms with Gasteiger partial charge in [-0.15, -0.1) is 0 Å². The molecular formula is C22H32FN3O2. The number of halogens is 1. The van der Waals surface area contributed by atoms with E-state index in [1.807, 2.05) is 11.8 Å². The van der Waals surface area contributed by atoms with Crippen molar-refractivity contribution < 1.29 is 14.0 Å².